The summed E-state index contributed by atoms with van der Waals surface area (Å²) >= 11 is 1.63. The highest BCUT2D eigenvalue weighted by atomic mass is 32.1. The molecule has 0 aliphatic heterocycles. The smallest absolute Gasteiger partial charge is 0.317 e. The summed E-state index contributed by atoms with van der Waals surface area (Å²) in [6.45, 7) is 11.5. The summed E-state index contributed by atoms with van der Waals surface area (Å²) < 4.78 is 2.02. The molecule has 132 valence electrons. The van der Waals surface area contributed by atoms with Crippen molar-refractivity contribution in [2.24, 2.45) is 0 Å². The molecule has 0 aliphatic carbocycles. The first-order valence-corrected chi connectivity index (χ1v) is 9.11. The second-order valence-electron chi connectivity index (χ2n) is 6.39. The SMILES string of the molecule is Cc1ncsc1CCNC(=O)N(C)Cc1c(C)nn(C(C)C)c1C. The molecule has 0 aromatic carbocycles. The predicted molar refractivity (Wildman–Crippen MR) is 97.5 cm³/mol. The van der Waals surface area contributed by atoms with Gasteiger partial charge in [-0.3, -0.25) is 4.68 Å². The third kappa shape index (κ3) is 4.14. The van der Waals surface area contributed by atoms with E-state index in [1.165, 1.54) is 4.88 Å². The molecule has 0 unspecified atom stereocenters. The second kappa shape index (κ2) is 7.79. The number of hydrogen-bond donors (Lipinski definition) is 1. The van der Waals surface area contributed by atoms with Gasteiger partial charge in [-0.1, -0.05) is 0 Å². The molecule has 0 saturated heterocycles. The minimum atomic E-state index is -0.0618. The van der Waals surface area contributed by atoms with Crippen molar-refractivity contribution in [2.45, 2.75) is 53.6 Å². The maximum absolute atomic E-state index is 12.3. The number of rotatable bonds is 6. The minimum Gasteiger partial charge on any atom is -0.338 e. The van der Waals surface area contributed by atoms with Crippen molar-refractivity contribution in [3.05, 3.63) is 33.0 Å². The Labute approximate surface area is 147 Å². The fourth-order valence-electron chi connectivity index (χ4n) is 2.72. The topological polar surface area (TPSA) is 63.1 Å². The Morgan fingerprint density at radius 1 is 1.33 bits per heavy atom. The fourth-order valence-corrected chi connectivity index (χ4v) is 3.50. The summed E-state index contributed by atoms with van der Waals surface area (Å²) in [4.78, 5) is 19.5. The summed E-state index contributed by atoms with van der Waals surface area (Å²) in [5.41, 5.74) is 6.13. The second-order valence-corrected chi connectivity index (χ2v) is 7.33. The van der Waals surface area contributed by atoms with Crippen LogP contribution in [0.15, 0.2) is 5.51 Å². The predicted octanol–water partition coefficient (Wildman–Crippen LogP) is 3.23. The third-order valence-electron chi connectivity index (χ3n) is 4.18. The van der Waals surface area contributed by atoms with Gasteiger partial charge in [-0.15, -0.1) is 11.3 Å². The molecule has 2 aromatic heterocycles. The summed E-state index contributed by atoms with van der Waals surface area (Å²) in [5.74, 6) is 0. The number of carbonyl (C=O) groups excluding carboxylic acids is 1. The average molecular weight is 350 g/mol. The quantitative estimate of drug-likeness (QED) is 0.871. The van der Waals surface area contributed by atoms with Crippen LogP contribution >= 0.6 is 11.3 Å². The van der Waals surface area contributed by atoms with E-state index in [0.29, 0.717) is 19.1 Å². The van der Waals surface area contributed by atoms with Crippen LogP contribution in [0.1, 0.15) is 47.4 Å². The molecule has 0 radical (unpaired) electrons. The lowest BCUT2D eigenvalue weighted by Crippen LogP contribution is -2.38. The highest BCUT2D eigenvalue weighted by Crippen LogP contribution is 2.18. The van der Waals surface area contributed by atoms with Crippen molar-refractivity contribution < 1.29 is 4.79 Å². The molecule has 2 aromatic rings. The molecular formula is C17H27N5OS. The molecule has 0 saturated carbocycles. The van der Waals surface area contributed by atoms with Crippen LogP contribution in [0, 0.1) is 20.8 Å². The van der Waals surface area contributed by atoms with Gasteiger partial charge in [0.1, 0.15) is 0 Å². The number of aryl methyl sites for hydroxylation is 2. The van der Waals surface area contributed by atoms with Gasteiger partial charge in [0, 0.05) is 42.2 Å². The van der Waals surface area contributed by atoms with E-state index in [-0.39, 0.29) is 6.03 Å². The molecule has 0 fully saturated rings. The van der Waals surface area contributed by atoms with Crippen LogP contribution in [0.2, 0.25) is 0 Å². The number of carbonyl (C=O) groups is 1. The molecule has 2 amide bonds. The number of thiazole rings is 1. The van der Waals surface area contributed by atoms with Crippen LogP contribution in [0.25, 0.3) is 0 Å². The maximum Gasteiger partial charge on any atom is 0.317 e. The van der Waals surface area contributed by atoms with E-state index >= 15 is 0 Å². The van der Waals surface area contributed by atoms with Crippen LogP contribution in [-0.2, 0) is 13.0 Å². The van der Waals surface area contributed by atoms with E-state index < -0.39 is 0 Å². The van der Waals surface area contributed by atoms with Crippen LogP contribution < -0.4 is 5.32 Å². The van der Waals surface area contributed by atoms with Crippen molar-refractivity contribution in [3.8, 4) is 0 Å². The molecule has 2 rings (SSSR count). The zero-order chi connectivity index (χ0) is 17.9. The van der Waals surface area contributed by atoms with Crippen LogP contribution in [0.5, 0.6) is 0 Å². The van der Waals surface area contributed by atoms with Crippen LogP contribution in [0.4, 0.5) is 4.79 Å². The Morgan fingerprint density at radius 2 is 2.04 bits per heavy atom. The molecule has 1 N–H and O–H groups in total. The van der Waals surface area contributed by atoms with Gasteiger partial charge in [0.15, 0.2) is 0 Å². The molecule has 2 heterocycles. The standard InChI is InChI=1S/C17H27N5OS/c1-11(2)22-14(5)15(12(3)20-22)9-21(6)17(23)18-8-7-16-13(4)19-10-24-16/h10-11H,7-9H2,1-6H3,(H,18,23). The van der Waals surface area contributed by atoms with Gasteiger partial charge >= 0.3 is 6.03 Å². The van der Waals surface area contributed by atoms with Crippen molar-refractivity contribution in [1.82, 2.24) is 25.0 Å². The van der Waals surface area contributed by atoms with Gasteiger partial charge in [0.05, 0.1) is 23.4 Å². The van der Waals surface area contributed by atoms with E-state index in [0.717, 1.165) is 29.1 Å². The van der Waals surface area contributed by atoms with E-state index in [1.54, 1.807) is 16.2 Å². The number of amides is 2. The first-order chi connectivity index (χ1) is 11.3. The van der Waals surface area contributed by atoms with Gasteiger partial charge in [-0.05, 0) is 34.6 Å². The Bertz CT molecular complexity index is 704. The molecular weight excluding hydrogens is 322 g/mol. The molecule has 0 bridgehead atoms. The average Bonchev–Trinajstić information content (AvgIpc) is 3.05. The Balaban J connectivity index is 1.91. The lowest BCUT2D eigenvalue weighted by Gasteiger charge is -2.18. The molecule has 0 atom stereocenters. The number of nitrogens with one attached hydrogen (secondary N) is 1. The Morgan fingerprint density at radius 3 is 2.58 bits per heavy atom. The number of urea groups is 1. The number of hydrogen-bond acceptors (Lipinski definition) is 4. The highest BCUT2D eigenvalue weighted by Gasteiger charge is 2.17. The van der Waals surface area contributed by atoms with E-state index in [1.807, 2.05) is 31.1 Å². The third-order valence-corrected chi connectivity index (χ3v) is 5.17. The summed E-state index contributed by atoms with van der Waals surface area (Å²) in [6, 6.07) is 0.257. The van der Waals surface area contributed by atoms with Crippen LogP contribution in [0.3, 0.4) is 0 Å². The van der Waals surface area contributed by atoms with Crippen molar-refractivity contribution in [1.29, 1.82) is 0 Å². The summed E-state index contributed by atoms with van der Waals surface area (Å²) in [5, 5.41) is 7.56. The lowest BCUT2D eigenvalue weighted by atomic mass is 10.2. The molecule has 7 heteroatoms. The zero-order valence-corrected chi connectivity index (χ0v) is 16.2. The molecule has 6 nitrogen and oxygen atoms in total. The van der Waals surface area contributed by atoms with Gasteiger partial charge in [-0.25, -0.2) is 9.78 Å². The molecule has 24 heavy (non-hydrogen) atoms. The van der Waals surface area contributed by atoms with E-state index in [2.05, 4.69) is 36.2 Å². The Hall–Kier alpha value is -1.89. The summed E-state index contributed by atoms with van der Waals surface area (Å²) in [7, 11) is 1.82. The fraction of sp³-hybridized carbons (Fsp3) is 0.588. The number of nitrogens with zero attached hydrogens (tertiary/aromatic N) is 4. The largest absolute Gasteiger partial charge is 0.338 e. The highest BCUT2D eigenvalue weighted by molar-refractivity contribution is 7.09. The lowest BCUT2D eigenvalue weighted by molar-refractivity contribution is 0.207. The first kappa shape index (κ1) is 18.4. The minimum absolute atomic E-state index is 0.0618. The normalized spacial score (nSPS) is 11.1. The number of aromatic nitrogens is 3. The van der Waals surface area contributed by atoms with Gasteiger partial charge in [0.2, 0.25) is 0 Å². The summed E-state index contributed by atoms with van der Waals surface area (Å²) in [6.07, 6.45) is 0.819. The van der Waals surface area contributed by atoms with Crippen molar-refractivity contribution >= 4 is 17.4 Å². The van der Waals surface area contributed by atoms with Crippen LogP contribution in [-0.4, -0.2) is 39.3 Å². The van der Waals surface area contributed by atoms with Gasteiger partial charge in [0.25, 0.3) is 0 Å². The van der Waals surface area contributed by atoms with E-state index in [9.17, 15) is 4.79 Å². The molecule has 0 aliphatic rings. The zero-order valence-electron chi connectivity index (χ0n) is 15.4. The first-order valence-electron chi connectivity index (χ1n) is 8.23. The van der Waals surface area contributed by atoms with Gasteiger partial charge < -0.3 is 10.2 Å². The van der Waals surface area contributed by atoms with Gasteiger partial charge in [-0.2, -0.15) is 5.10 Å². The van der Waals surface area contributed by atoms with Crippen molar-refractivity contribution in [3.63, 3.8) is 0 Å². The monoisotopic (exact) mass is 349 g/mol. The Kier molecular flexibility index (Phi) is 5.99. The van der Waals surface area contributed by atoms with E-state index in [4.69, 9.17) is 0 Å². The maximum atomic E-state index is 12.3. The molecule has 0 spiro atoms. The van der Waals surface area contributed by atoms with Crippen molar-refractivity contribution in [2.75, 3.05) is 13.6 Å².